The molecule has 0 saturated carbocycles. The highest BCUT2D eigenvalue weighted by Crippen LogP contribution is 2.13. The highest BCUT2D eigenvalue weighted by Gasteiger charge is 2.13. The van der Waals surface area contributed by atoms with Gasteiger partial charge in [0.05, 0.1) is 6.54 Å². The monoisotopic (exact) mass is 324 g/mol. The van der Waals surface area contributed by atoms with Crippen molar-refractivity contribution in [3.8, 4) is 0 Å². The smallest absolute Gasteiger partial charge is 0.243 e. The van der Waals surface area contributed by atoms with Crippen LogP contribution in [0.15, 0.2) is 48.5 Å². The molecule has 126 valence electrons. The van der Waals surface area contributed by atoms with E-state index >= 15 is 0 Å². The van der Waals surface area contributed by atoms with Crippen molar-refractivity contribution in [2.45, 2.75) is 26.7 Å². The van der Waals surface area contributed by atoms with E-state index in [0.29, 0.717) is 12.8 Å². The topological polar surface area (TPSA) is 49.4 Å². The molecule has 0 heterocycles. The van der Waals surface area contributed by atoms with E-state index in [-0.39, 0.29) is 18.4 Å². The lowest BCUT2D eigenvalue weighted by Crippen LogP contribution is -2.35. The molecule has 0 spiro atoms. The summed E-state index contributed by atoms with van der Waals surface area (Å²) in [5.41, 5.74) is 4.33. The van der Waals surface area contributed by atoms with Crippen molar-refractivity contribution in [3.63, 3.8) is 0 Å². The van der Waals surface area contributed by atoms with E-state index in [1.807, 2.05) is 30.3 Å². The number of nitrogens with one attached hydrogen (secondary N) is 1. The van der Waals surface area contributed by atoms with Crippen LogP contribution in [-0.4, -0.2) is 30.3 Å². The van der Waals surface area contributed by atoms with Crippen molar-refractivity contribution in [2.75, 3.05) is 18.9 Å². The molecule has 0 unspecified atom stereocenters. The molecular weight excluding hydrogens is 300 g/mol. The third kappa shape index (κ3) is 5.23. The van der Waals surface area contributed by atoms with E-state index in [2.05, 4.69) is 37.4 Å². The van der Waals surface area contributed by atoms with Crippen molar-refractivity contribution in [2.24, 2.45) is 0 Å². The average Bonchev–Trinajstić information content (AvgIpc) is 2.54. The first kappa shape index (κ1) is 17.7. The van der Waals surface area contributed by atoms with Crippen molar-refractivity contribution in [3.05, 3.63) is 65.2 Å². The number of nitrogens with zero attached hydrogens (tertiary/aromatic N) is 1. The Hall–Kier alpha value is -2.62. The number of anilines is 1. The summed E-state index contributed by atoms with van der Waals surface area (Å²) in [6.45, 7) is 4.17. The van der Waals surface area contributed by atoms with Gasteiger partial charge in [-0.25, -0.2) is 0 Å². The van der Waals surface area contributed by atoms with E-state index in [4.69, 9.17) is 0 Å². The number of benzene rings is 2. The summed E-state index contributed by atoms with van der Waals surface area (Å²) in [6, 6.07) is 15.5. The predicted molar refractivity (Wildman–Crippen MR) is 96.9 cm³/mol. The first-order valence-electron chi connectivity index (χ1n) is 8.10. The number of carbonyl (C=O) groups is 2. The maximum absolute atomic E-state index is 12.2. The second-order valence-corrected chi connectivity index (χ2v) is 6.09. The minimum absolute atomic E-state index is 0.0295. The van der Waals surface area contributed by atoms with Crippen LogP contribution in [-0.2, 0) is 16.0 Å². The molecule has 1 N–H and O–H groups in total. The third-order valence-corrected chi connectivity index (χ3v) is 3.97. The van der Waals surface area contributed by atoms with Gasteiger partial charge in [-0.05, 0) is 43.5 Å². The van der Waals surface area contributed by atoms with Crippen LogP contribution in [0.5, 0.6) is 0 Å². The molecular formula is C20H24N2O2. The van der Waals surface area contributed by atoms with Gasteiger partial charge in [-0.1, -0.05) is 42.0 Å². The highest BCUT2D eigenvalue weighted by molar-refractivity contribution is 5.94. The molecule has 0 bridgehead atoms. The Morgan fingerprint density at radius 2 is 1.75 bits per heavy atom. The maximum atomic E-state index is 12.2. The van der Waals surface area contributed by atoms with Crippen LogP contribution >= 0.6 is 0 Å². The molecule has 2 aromatic rings. The minimum Gasteiger partial charge on any atom is -0.336 e. The van der Waals surface area contributed by atoms with E-state index in [9.17, 15) is 9.59 Å². The summed E-state index contributed by atoms with van der Waals surface area (Å²) in [4.78, 5) is 25.7. The van der Waals surface area contributed by atoms with Crippen molar-refractivity contribution >= 4 is 17.5 Å². The highest BCUT2D eigenvalue weighted by atomic mass is 16.2. The normalized spacial score (nSPS) is 10.3. The number of para-hydroxylation sites is 1. The Balaban J connectivity index is 1.82. The lowest BCUT2D eigenvalue weighted by Gasteiger charge is -2.17. The SMILES string of the molecule is Cc1ccc(CCC(=O)N(C)CC(=O)Nc2ccccc2)c(C)c1. The zero-order chi connectivity index (χ0) is 17.5. The van der Waals surface area contributed by atoms with Crippen LogP contribution in [0.3, 0.4) is 0 Å². The third-order valence-electron chi connectivity index (χ3n) is 3.97. The molecule has 0 radical (unpaired) electrons. The van der Waals surface area contributed by atoms with E-state index in [1.165, 1.54) is 21.6 Å². The summed E-state index contributed by atoms with van der Waals surface area (Å²) < 4.78 is 0. The van der Waals surface area contributed by atoms with Gasteiger partial charge in [0.2, 0.25) is 11.8 Å². The first-order valence-corrected chi connectivity index (χ1v) is 8.10. The molecule has 24 heavy (non-hydrogen) atoms. The Labute approximate surface area is 143 Å². The molecule has 4 nitrogen and oxygen atoms in total. The van der Waals surface area contributed by atoms with Gasteiger partial charge in [-0.3, -0.25) is 9.59 Å². The van der Waals surface area contributed by atoms with E-state index in [1.54, 1.807) is 7.05 Å². The molecule has 0 aliphatic carbocycles. The van der Waals surface area contributed by atoms with Gasteiger partial charge < -0.3 is 10.2 Å². The minimum atomic E-state index is -0.191. The Kier molecular flexibility index (Phi) is 6.13. The van der Waals surface area contributed by atoms with Gasteiger partial charge in [-0.2, -0.15) is 0 Å². The van der Waals surface area contributed by atoms with Crippen LogP contribution in [0.25, 0.3) is 0 Å². The predicted octanol–water partition coefficient (Wildman–Crippen LogP) is 3.33. The first-order chi connectivity index (χ1) is 11.5. The average molecular weight is 324 g/mol. The second kappa shape index (κ2) is 8.29. The Bertz CT molecular complexity index is 711. The van der Waals surface area contributed by atoms with Crippen molar-refractivity contribution in [1.29, 1.82) is 0 Å². The molecule has 0 atom stereocenters. The fourth-order valence-corrected chi connectivity index (χ4v) is 2.58. The zero-order valence-electron chi connectivity index (χ0n) is 14.5. The van der Waals surface area contributed by atoms with Gasteiger partial charge in [0.25, 0.3) is 0 Å². The van der Waals surface area contributed by atoms with E-state index in [0.717, 1.165) is 5.69 Å². The largest absolute Gasteiger partial charge is 0.336 e. The number of hydrogen-bond acceptors (Lipinski definition) is 2. The number of amides is 2. The summed E-state index contributed by atoms with van der Waals surface area (Å²) >= 11 is 0. The summed E-state index contributed by atoms with van der Waals surface area (Å²) in [6.07, 6.45) is 1.09. The van der Waals surface area contributed by atoms with Crippen LogP contribution in [0.2, 0.25) is 0 Å². The second-order valence-electron chi connectivity index (χ2n) is 6.09. The van der Waals surface area contributed by atoms with E-state index < -0.39 is 0 Å². The lowest BCUT2D eigenvalue weighted by atomic mass is 10.0. The summed E-state index contributed by atoms with van der Waals surface area (Å²) in [5.74, 6) is -0.221. The standard InChI is InChI=1S/C20H24N2O2/c1-15-9-10-17(16(2)13-15)11-12-20(24)22(3)14-19(23)21-18-7-5-4-6-8-18/h4-10,13H,11-12,14H2,1-3H3,(H,21,23). The van der Waals surface area contributed by atoms with Crippen LogP contribution in [0.4, 0.5) is 5.69 Å². The molecule has 2 aromatic carbocycles. The van der Waals surface area contributed by atoms with Gasteiger partial charge in [-0.15, -0.1) is 0 Å². The summed E-state index contributed by atoms with van der Waals surface area (Å²) in [7, 11) is 1.66. The van der Waals surface area contributed by atoms with Crippen LogP contribution < -0.4 is 5.32 Å². The molecule has 0 saturated heterocycles. The molecule has 0 fully saturated rings. The van der Waals surface area contributed by atoms with Crippen molar-refractivity contribution in [1.82, 2.24) is 4.90 Å². The summed E-state index contributed by atoms with van der Waals surface area (Å²) in [5, 5.41) is 2.78. The van der Waals surface area contributed by atoms with Gasteiger partial charge in [0.1, 0.15) is 0 Å². The molecule has 2 amide bonds. The molecule has 0 aliphatic heterocycles. The molecule has 4 heteroatoms. The molecule has 0 aromatic heterocycles. The fraction of sp³-hybridized carbons (Fsp3) is 0.300. The number of hydrogen-bond donors (Lipinski definition) is 1. The van der Waals surface area contributed by atoms with Crippen LogP contribution in [0, 0.1) is 13.8 Å². The van der Waals surface area contributed by atoms with Crippen LogP contribution in [0.1, 0.15) is 23.1 Å². The van der Waals surface area contributed by atoms with Gasteiger partial charge >= 0.3 is 0 Å². The number of carbonyl (C=O) groups excluding carboxylic acids is 2. The molecule has 0 aliphatic rings. The lowest BCUT2D eigenvalue weighted by molar-refractivity contribution is -0.133. The maximum Gasteiger partial charge on any atom is 0.243 e. The quantitative estimate of drug-likeness (QED) is 0.886. The number of aryl methyl sites for hydroxylation is 3. The van der Waals surface area contributed by atoms with Crippen molar-refractivity contribution < 1.29 is 9.59 Å². The number of rotatable bonds is 6. The Morgan fingerprint density at radius 3 is 2.42 bits per heavy atom. The molecule has 2 rings (SSSR count). The number of likely N-dealkylation sites (N-methyl/N-ethyl adjacent to an activating group) is 1. The Morgan fingerprint density at radius 1 is 1.04 bits per heavy atom. The fourth-order valence-electron chi connectivity index (χ4n) is 2.58. The zero-order valence-corrected chi connectivity index (χ0v) is 14.5. The van der Waals surface area contributed by atoms with Gasteiger partial charge in [0.15, 0.2) is 0 Å². The van der Waals surface area contributed by atoms with Gasteiger partial charge in [0, 0.05) is 19.2 Å².